The number of fused-ring (bicyclic) bond motifs is 2. The van der Waals surface area contributed by atoms with E-state index in [1.165, 1.54) is 25.7 Å². The molecule has 3 unspecified atom stereocenters. The molecule has 0 amide bonds. The van der Waals surface area contributed by atoms with Gasteiger partial charge >= 0.3 is 0 Å². The van der Waals surface area contributed by atoms with Crippen LogP contribution in [0.25, 0.3) is 0 Å². The fourth-order valence-electron chi connectivity index (χ4n) is 4.21. The first kappa shape index (κ1) is 10.1. The SMILES string of the molecule is OCC1(N2CCNCC2)CC2CCC1C2. The van der Waals surface area contributed by atoms with Crippen LogP contribution in [0.15, 0.2) is 0 Å². The molecule has 15 heavy (non-hydrogen) atoms. The monoisotopic (exact) mass is 210 g/mol. The lowest BCUT2D eigenvalue weighted by Crippen LogP contribution is -2.60. The average Bonchev–Trinajstić information content (AvgIpc) is 2.90. The third kappa shape index (κ3) is 1.44. The second-order valence-corrected chi connectivity index (χ2v) is 5.58. The van der Waals surface area contributed by atoms with Gasteiger partial charge in [-0.2, -0.15) is 0 Å². The van der Waals surface area contributed by atoms with Gasteiger partial charge in [0.25, 0.3) is 0 Å². The van der Waals surface area contributed by atoms with Gasteiger partial charge in [0.05, 0.1) is 6.61 Å². The van der Waals surface area contributed by atoms with Crippen molar-refractivity contribution < 1.29 is 5.11 Å². The number of piperazine rings is 1. The Balaban J connectivity index is 1.79. The molecule has 3 fully saturated rings. The molecule has 1 heterocycles. The van der Waals surface area contributed by atoms with Gasteiger partial charge in [-0.15, -0.1) is 0 Å². The quantitative estimate of drug-likeness (QED) is 0.694. The molecule has 1 saturated heterocycles. The summed E-state index contributed by atoms with van der Waals surface area (Å²) >= 11 is 0. The Kier molecular flexibility index (Phi) is 2.49. The highest BCUT2D eigenvalue weighted by molar-refractivity contribution is 5.07. The summed E-state index contributed by atoms with van der Waals surface area (Å²) in [5.74, 6) is 1.70. The van der Waals surface area contributed by atoms with Gasteiger partial charge in [-0.05, 0) is 31.1 Å². The Morgan fingerprint density at radius 2 is 2.07 bits per heavy atom. The van der Waals surface area contributed by atoms with Crippen LogP contribution < -0.4 is 5.32 Å². The molecule has 0 spiro atoms. The zero-order valence-corrected chi connectivity index (χ0v) is 9.41. The molecular formula is C12H22N2O. The number of hydrogen-bond acceptors (Lipinski definition) is 3. The predicted molar refractivity (Wildman–Crippen MR) is 59.7 cm³/mol. The van der Waals surface area contributed by atoms with Gasteiger partial charge in [0.2, 0.25) is 0 Å². The van der Waals surface area contributed by atoms with Gasteiger partial charge in [-0.1, -0.05) is 6.42 Å². The normalized spacial score (nSPS) is 46.2. The molecule has 0 radical (unpaired) electrons. The van der Waals surface area contributed by atoms with Crippen LogP contribution >= 0.6 is 0 Å². The Labute approximate surface area is 91.8 Å². The third-order valence-electron chi connectivity index (χ3n) is 4.96. The molecule has 2 bridgehead atoms. The second-order valence-electron chi connectivity index (χ2n) is 5.58. The van der Waals surface area contributed by atoms with E-state index in [2.05, 4.69) is 10.2 Å². The van der Waals surface area contributed by atoms with E-state index in [9.17, 15) is 5.11 Å². The lowest BCUT2D eigenvalue weighted by atomic mass is 9.79. The third-order valence-corrected chi connectivity index (χ3v) is 4.96. The van der Waals surface area contributed by atoms with E-state index in [1.807, 2.05) is 0 Å². The van der Waals surface area contributed by atoms with Crippen molar-refractivity contribution in [1.29, 1.82) is 0 Å². The minimum absolute atomic E-state index is 0.172. The maximum Gasteiger partial charge on any atom is 0.0618 e. The van der Waals surface area contributed by atoms with E-state index in [1.54, 1.807) is 0 Å². The van der Waals surface area contributed by atoms with Gasteiger partial charge in [-0.3, -0.25) is 4.90 Å². The first-order valence-electron chi connectivity index (χ1n) is 6.42. The largest absolute Gasteiger partial charge is 0.394 e. The molecule has 1 aliphatic heterocycles. The number of nitrogens with zero attached hydrogens (tertiary/aromatic N) is 1. The zero-order chi connectivity index (χ0) is 10.3. The van der Waals surface area contributed by atoms with Gasteiger partial charge in [0.15, 0.2) is 0 Å². The van der Waals surface area contributed by atoms with Crippen molar-refractivity contribution in [2.24, 2.45) is 11.8 Å². The van der Waals surface area contributed by atoms with Crippen LogP contribution in [0.1, 0.15) is 25.7 Å². The van der Waals surface area contributed by atoms with E-state index < -0.39 is 0 Å². The molecule has 0 aromatic carbocycles. The van der Waals surface area contributed by atoms with Crippen molar-refractivity contribution in [3.8, 4) is 0 Å². The van der Waals surface area contributed by atoms with Crippen molar-refractivity contribution in [3.05, 3.63) is 0 Å². The Morgan fingerprint density at radius 1 is 1.27 bits per heavy atom. The molecule has 3 heteroatoms. The molecule has 3 aliphatic rings. The van der Waals surface area contributed by atoms with Gasteiger partial charge < -0.3 is 10.4 Å². The van der Waals surface area contributed by atoms with E-state index in [-0.39, 0.29) is 5.54 Å². The smallest absolute Gasteiger partial charge is 0.0618 e. The fourth-order valence-corrected chi connectivity index (χ4v) is 4.21. The number of nitrogens with one attached hydrogen (secondary N) is 1. The van der Waals surface area contributed by atoms with Crippen molar-refractivity contribution >= 4 is 0 Å². The number of aliphatic hydroxyl groups is 1. The number of aliphatic hydroxyl groups excluding tert-OH is 1. The molecule has 3 atom stereocenters. The summed E-state index contributed by atoms with van der Waals surface area (Å²) in [7, 11) is 0. The Bertz CT molecular complexity index is 240. The molecular weight excluding hydrogens is 188 g/mol. The van der Waals surface area contributed by atoms with E-state index in [0.29, 0.717) is 6.61 Å². The van der Waals surface area contributed by atoms with Crippen molar-refractivity contribution in [2.45, 2.75) is 31.2 Å². The summed E-state index contributed by atoms with van der Waals surface area (Å²) in [5, 5.41) is 13.2. The van der Waals surface area contributed by atoms with Crippen molar-refractivity contribution in [1.82, 2.24) is 10.2 Å². The summed E-state index contributed by atoms with van der Waals surface area (Å²) in [6, 6.07) is 0. The Morgan fingerprint density at radius 3 is 2.60 bits per heavy atom. The van der Waals surface area contributed by atoms with Crippen LogP contribution in [0.2, 0.25) is 0 Å². The highest BCUT2D eigenvalue weighted by Crippen LogP contribution is 2.53. The average molecular weight is 210 g/mol. The maximum atomic E-state index is 9.83. The highest BCUT2D eigenvalue weighted by atomic mass is 16.3. The fraction of sp³-hybridized carbons (Fsp3) is 1.00. The topological polar surface area (TPSA) is 35.5 Å². The van der Waals surface area contributed by atoms with Crippen LogP contribution in [0.5, 0.6) is 0 Å². The maximum absolute atomic E-state index is 9.83. The summed E-state index contributed by atoms with van der Waals surface area (Å²) in [4.78, 5) is 2.58. The van der Waals surface area contributed by atoms with Crippen molar-refractivity contribution in [2.75, 3.05) is 32.8 Å². The number of rotatable bonds is 2. The van der Waals surface area contributed by atoms with Crippen LogP contribution in [-0.4, -0.2) is 48.3 Å². The van der Waals surface area contributed by atoms with E-state index >= 15 is 0 Å². The molecule has 3 nitrogen and oxygen atoms in total. The zero-order valence-electron chi connectivity index (χ0n) is 9.41. The lowest BCUT2D eigenvalue weighted by Gasteiger charge is -2.47. The van der Waals surface area contributed by atoms with E-state index in [0.717, 1.165) is 38.0 Å². The molecule has 0 aromatic heterocycles. The van der Waals surface area contributed by atoms with Crippen LogP contribution in [0.4, 0.5) is 0 Å². The number of hydrogen-bond donors (Lipinski definition) is 2. The van der Waals surface area contributed by atoms with E-state index in [4.69, 9.17) is 0 Å². The molecule has 2 aliphatic carbocycles. The first-order chi connectivity index (χ1) is 7.35. The standard InChI is InChI=1S/C12H22N2O/c15-9-12(14-5-3-13-4-6-14)8-10-1-2-11(12)7-10/h10-11,13,15H,1-9H2. The lowest BCUT2D eigenvalue weighted by molar-refractivity contribution is -0.0193. The summed E-state index contributed by atoms with van der Waals surface area (Å²) in [6.45, 7) is 4.83. The summed E-state index contributed by atoms with van der Waals surface area (Å²) < 4.78 is 0. The molecule has 0 aromatic rings. The molecule has 2 N–H and O–H groups in total. The molecule has 2 saturated carbocycles. The second kappa shape index (κ2) is 3.72. The molecule has 86 valence electrons. The van der Waals surface area contributed by atoms with Crippen LogP contribution in [-0.2, 0) is 0 Å². The van der Waals surface area contributed by atoms with Gasteiger partial charge in [0.1, 0.15) is 0 Å². The highest BCUT2D eigenvalue weighted by Gasteiger charge is 2.53. The van der Waals surface area contributed by atoms with Crippen LogP contribution in [0.3, 0.4) is 0 Å². The van der Waals surface area contributed by atoms with Gasteiger partial charge in [0, 0.05) is 31.7 Å². The molecule has 3 rings (SSSR count). The first-order valence-corrected chi connectivity index (χ1v) is 6.42. The van der Waals surface area contributed by atoms with Crippen molar-refractivity contribution in [3.63, 3.8) is 0 Å². The summed E-state index contributed by atoms with van der Waals surface area (Å²) in [6.07, 6.45) is 5.41. The predicted octanol–water partition coefficient (Wildman–Crippen LogP) is 0.443. The van der Waals surface area contributed by atoms with Crippen LogP contribution in [0, 0.1) is 11.8 Å². The Hall–Kier alpha value is -0.120. The summed E-state index contributed by atoms with van der Waals surface area (Å²) in [5.41, 5.74) is 0.172. The minimum Gasteiger partial charge on any atom is -0.394 e. The minimum atomic E-state index is 0.172. The van der Waals surface area contributed by atoms with Gasteiger partial charge in [-0.25, -0.2) is 0 Å².